The molecular formula is C36H32N2O4. The van der Waals surface area contributed by atoms with Crippen LogP contribution in [0, 0.1) is 0 Å². The standard InChI is InChI=1S/C36H32N2O4/c39-35(41-23-11-17-27-13-3-1-4-14-27)29-25-33(37-21-9-7-19-31(29)37)34-26-30(32-20-8-10-22-38(32)34)36(40)42-24-12-18-28-15-5-2-6-16-28/h1-10,13-16,19-22,25-26H,11-12,17-18,23-24H2. The van der Waals surface area contributed by atoms with E-state index in [0.717, 1.165) is 48.1 Å². The van der Waals surface area contributed by atoms with Crippen molar-refractivity contribution in [2.45, 2.75) is 25.7 Å². The molecule has 0 saturated carbocycles. The van der Waals surface area contributed by atoms with Crippen LogP contribution in [0.2, 0.25) is 0 Å². The average molecular weight is 557 g/mol. The summed E-state index contributed by atoms with van der Waals surface area (Å²) in [7, 11) is 0. The van der Waals surface area contributed by atoms with Crippen molar-refractivity contribution >= 4 is 23.0 Å². The van der Waals surface area contributed by atoms with Crippen molar-refractivity contribution in [2.75, 3.05) is 13.2 Å². The largest absolute Gasteiger partial charge is 0.462 e. The number of nitrogens with zero attached hydrogens (tertiary/aromatic N) is 2. The number of fused-ring (bicyclic) bond motifs is 2. The Labute approximate surface area is 244 Å². The van der Waals surface area contributed by atoms with E-state index in [2.05, 4.69) is 24.3 Å². The predicted molar refractivity (Wildman–Crippen MR) is 164 cm³/mol. The van der Waals surface area contributed by atoms with Crippen molar-refractivity contribution in [3.63, 3.8) is 0 Å². The zero-order valence-corrected chi connectivity index (χ0v) is 23.3. The smallest absolute Gasteiger partial charge is 0.340 e. The molecule has 0 amide bonds. The van der Waals surface area contributed by atoms with Gasteiger partial charge in [0.1, 0.15) is 0 Å². The number of aryl methyl sites for hydroxylation is 2. The van der Waals surface area contributed by atoms with Crippen molar-refractivity contribution < 1.29 is 19.1 Å². The lowest BCUT2D eigenvalue weighted by atomic mass is 10.1. The van der Waals surface area contributed by atoms with E-state index in [1.165, 1.54) is 11.1 Å². The first kappa shape index (κ1) is 27.1. The van der Waals surface area contributed by atoms with Gasteiger partial charge in [0.15, 0.2) is 0 Å². The third-order valence-corrected chi connectivity index (χ3v) is 7.43. The molecule has 0 fully saturated rings. The number of ether oxygens (including phenoxy) is 2. The van der Waals surface area contributed by atoms with Crippen molar-refractivity contribution in [3.8, 4) is 11.4 Å². The molecule has 4 aromatic heterocycles. The number of hydrogen-bond acceptors (Lipinski definition) is 4. The number of rotatable bonds is 11. The van der Waals surface area contributed by atoms with E-state index in [1.807, 2.05) is 106 Å². The van der Waals surface area contributed by atoms with E-state index in [1.54, 1.807) is 0 Å². The van der Waals surface area contributed by atoms with Gasteiger partial charge in [0.05, 0.1) is 46.8 Å². The Morgan fingerprint density at radius 3 is 1.36 bits per heavy atom. The molecule has 0 N–H and O–H groups in total. The van der Waals surface area contributed by atoms with Crippen LogP contribution in [0.3, 0.4) is 0 Å². The monoisotopic (exact) mass is 556 g/mol. The fourth-order valence-electron chi connectivity index (χ4n) is 5.35. The molecule has 6 heteroatoms. The Morgan fingerprint density at radius 1 is 0.524 bits per heavy atom. The summed E-state index contributed by atoms with van der Waals surface area (Å²) in [5, 5.41) is 0. The van der Waals surface area contributed by atoms with E-state index < -0.39 is 0 Å². The predicted octanol–water partition coefficient (Wildman–Crippen LogP) is 7.44. The SMILES string of the molecule is O=C(OCCCc1ccccc1)c1cc(-c2cc(C(=O)OCCCc3ccccc3)c3ccccn23)n2ccccc12. The number of benzene rings is 2. The molecule has 0 saturated heterocycles. The first-order chi connectivity index (χ1) is 20.7. The van der Waals surface area contributed by atoms with E-state index in [0.29, 0.717) is 24.3 Å². The molecule has 6 nitrogen and oxygen atoms in total. The molecule has 0 aliphatic heterocycles. The molecule has 0 unspecified atom stereocenters. The zero-order valence-electron chi connectivity index (χ0n) is 23.3. The molecule has 0 atom stereocenters. The van der Waals surface area contributed by atoms with Crippen LogP contribution in [0.1, 0.15) is 44.7 Å². The summed E-state index contributed by atoms with van der Waals surface area (Å²) >= 11 is 0. The van der Waals surface area contributed by atoms with Gasteiger partial charge >= 0.3 is 11.9 Å². The number of esters is 2. The first-order valence-electron chi connectivity index (χ1n) is 14.3. The van der Waals surface area contributed by atoms with E-state index in [9.17, 15) is 9.59 Å². The normalized spacial score (nSPS) is 11.1. The van der Waals surface area contributed by atoms with Crippen molar-refractivity contribution in [1.29, 1.82) is 0 Å². The maximum absolute atomic E-state index is 13.2. The second-order valence-corrected chi connectivity index (χ2v) is 10.2. The minimum atomic E-state index is -0.364. The van der Waals surface area contributed by atoms with E-state index in [-0.39, 0.29) is 11.9 Å². The van der Waals surface area contributed by atoms with Crippen LogP contribution in [0.25, 0.3) is 22.4 Å². The quantitative estimate of drug-likeness (QED) is 0.123. The Balaban J connectivity index is 1.22. The number of aromatic nitrogens is 2. The first-order valence-corrected chi connectivity index (χ1v) is 14.3. The second kappa shape index (κ2) is 12.6. The fraction of sp³-hybridized carbons (Fsp3) is 0.167. The number of pyridine rings is 2. The highest BCUT2D eigenvalue weighted by Gasteiger charge is 2.22. The minimum absolute atomic E-state index is 0.335. The molecule has 0 spiro atoms. The molecule has 6 rings (SSSR count). The van der Waals surface area contributed by atoms with Crippen LogP contribution in [0.15, 0.2) is 122 Å². The van der Waals surface area contributed by atoms with Gasteiger partial charge in [-0.25, -0.2) is 9.59 Å². The van der Waals surface area contributed by atoms with Crippen LogP contribution in [0.4, 0.5) is 0 Å². The molecule has 0 radical (unpaired) electrons. The van der Waals surface area contributed by atoms with E-state index in [4.69, 9.17) is 9.47 Å². The molecular weight excluding hydrogens is 524 g/mol. The Hall–Kier alpha value is -5.10. The van der Waals surface area contributed by atoms with Gasteiger partial charge in [0.2, 0.25) is 0 Å². The topological polar surface area (TPSA) is 61.4 Å². The van der Waals surface area contributed by atoms with Gasteiger partial charge < -0.3 is 18.3 Å². The molecule has 6 aromatic rings. The highest BCUT2D eigenvalue weighted by molar-refractivity contribution is 6.02. The maximum Gasteiger partial charge on any atom is 0.340 e. The lowest BCUT2D eigenvalue weighted by Crippen LogP contribution is -2.06. The molecule has 0 aliphatic rings. The summed E-state index contributed by atoms with van der Waals surface area (Å²) in [5.74, 6) is -0.728. The summed E-state index contributed by atoms with van der Waals surface area (Å²) in [6.45, 7) is 0.670. The molecule has 210 valence electrons. The van der Waals surface area contributed by atoms with Gasteiger partial charge in [-0.05, 0) is 73.2 Å². The maximum atomic E-state index is 13.2. The third-order valence-electron chi connectivity index (χ3n) is 7.43. The summed E-state index contributed by atoms with van der Waals surface area (Å²) in [4.78, 5) is 26.4. The third kappa shape index (κ3) is 5.84. The van der Waals surface area contributed by atoms with Crippen LogP contribution in [-0.2, 0) is 22.3 Å². The summed E-state index contributed by atoms with van der Waals surface area (Å²) in [6.07, 6.45) is 7.01. The minimum Gasteiger partial charge on any atom is -0.462 e. The van der Waals surface area contributed by atoms with Crippen LogP contribution in [0.5, 0.6) is 0 Å². The summed E-state index contributed by atoms with van der Waals surface area (Å²) in [6, 6.07) is 35.5. The van der Waals surface area contributed by atoms with Crippen LogP contribution >= 0.6 is 0 Å². The molecule has 4 heterocycles. The molecule has 0 aliphatic carbocycles. The van der Waals surface area contributed by atoms with Gasteiger partial charge in [0.25, 0.3) is 0 Å². The lowest BCUT2D eigenvalue weighted by Gasteiger charge is -2.05. The van der Waals surface area contributed by atoms with Crippen molar-refractivity contribution in [3.05, 3.63) is 144 Å². The van der Waals surface area contributed by atoms with Crippen molar-refractivity contribution in [1.82, 2.24) is 8.80 Å². The van der Waals surface area contributed by atoms with Gasteiger partial charge in [0, 0.05) is 12.4 Å². The highest BCUT2D eigenvalue weighted by atomic mass is 16.5. The Bertz CT molecular complexity index is 1680. The van der Waals surface area contributed by atoms with E-state index >= 15 is 0 Å². The van der Waals surface area contributed by atoms with Gasteiger partial charge in [-0.3, -0.25) is 0 Å². The van der Waals surface area contributed by atoms with Crippen LogP contribution < -0.4 is 0 Å². The molecule has 2 aromatic carbocycles. The lowest BCUT2D eigenvalue weighted by molar-refractivity contribution is 0.0493. The number of carbonyl (C=O) groups excluding carboxylic acids is 2. The Kier molecular flexibility index (Phi) is 8.13. The van der Waals surface area contributed by atoms with Gasteiger partial charge in [-0.15, -0.1) is 0 Å². The molecule has 0 bridgehead atoms. The fourth-order valence-corrected chi connectivity index (χ4v) is 5.35. The van der Waals surface area contributed by atoms with Gasteiger partial charge in [-0.1, -0.05) is 72.8 Å². The van der Waals surface area contributed by atoms with Gasteiger partial charge in [-0.2, -0.15) is 0 Å². The Morgan fingerprint density at radius 2 is 0.929 bits per heavy atom. The number of hydrogen-bond donors (Lipinski definition) is 0. The van der Waals surface area contributed by atoms with Crippen LogP contribution in [-0.4, -0.2) is 34.0 Å². The summed E-state index contributed by atoms with van der Waals surface area (Å²) < 4.78 is 15.3. The molecule has 42 heavy (non-hydrogen) atoms. The second-order valence-electron chi connectivity index (χ2n) is 10.2. The summed E-state index contributed by atoms with van der Waals surface area (Å²) in [5.41, 5.74) is 6.47. The zero-order chi connectivity index (χ0) is 28.7. The number of carbonyl (C=O) groups is 2. The average Bonchev–Trinajstić information content (AvgIpc) is 3.61. The highest BCUT2D eigenvalue weighted by Crippen LogP contribution is 2.31. The van der Waals surface area contributed by atoms with Crippen molar-refractivity contribution in [2.24, 2.45) is 0 Å².